The molecular formula is C10H11F9O3. The van der Waals surface area contributed by atoms with Crippen molar-refractivity contribution >= 4 is 6.16 Å². The van der Waals surface area contributed by atoms with Crippen LogP contribution in [0.1, 0.15) is 19.8 Å². The van der Waals surface area contributed by atoms with Crippen molar-refractivity contribution in [3.8, 4) is 0 Å². The first-order valence-corrected chi connectivity index (χ1v) is 5.70. The highest BCUT2D eigenvalue weighted by Crippen LogP contribution is 2.53. The minimum absolute atomic E-state index is 0.183. The highest BCUT2D eigenvalue weighted by molar-refractivity contribution is 5.59. The SMILES string of the molecule is CCCOC(=O)OCCC(F)(F)C(F)(F)C(F)(F)C(F)(F)F. The first kappa shape index (κ1) is 20.6. The molecular weight excluding hydrogens is 339 g/mol. The zero-order valence-corrected chi connectivity index (χ0v) is 11.0. The third-order valence-electron chi connectivity index (χ3n) is 2.27. The van der Waals surface area contributed by atoms with E-state index in [1.807, 2.05) is 0 Å². The minimum Gasteiger partial charge on any atom is -0.434 e. The first-order chi connectivity index (χ1) is 9.70. The Morgan fingerprint density at radius 2 is 1.27 bits per heavy atom. The van der Waals surface area contributed by atoms with Crippen molar-refractivity contribution in [3.63, 3.8) is 0 Å². The van der Waals surface area contributed by atoms with Gasteiger partial charge in [-0.3, -0.25) is 0 Å². The molecule has 0 radical (unpaired) electrons. The molecule has 0 saturated carbocycles. The topological polar surface area (TPSA) is 35.5 Å². The van der Waals surface area contributed by atoms with Crippen LogP contribution in [0.4, 0.5) is 44.3 Å². The molecule has 0 rings (SSSR count). The van der Waals surface area contributed by atoms with Crippen molar-refractivity contribution in [2.24, 2.45) is 0 Å². The number of ether oxygens (including phenoxy) is 2. The Morgan fingerprint density at radius 1 is 0.818 bits per heavy atom. The van der Waals surface area contributed by atoms with E-state index in [1.165, 1.54) is 0 Å². The maximum atomic E-state index is 13.0. The molecule has 22 heavy (non-hydrogen) atoms. The van der Waals surface area contributed by atoms with Crippen molar-refractivity contribution < 1.29 is 53.8 Å². The molecule has 0 aromatic heterocycles. The molecule has 0 bridgehead atoms. The zero-order chi connectivity index (χ0) is 17.8. The summed E-state index contributed by atoms with van der Waals surface area (Å²) in [5, 5.41) is 0. The van der Waals surface area contributed by atoms with Crippen LogP contribution in [-0.2, 0) is 9.47 Å². The highest BCUT2D eigenvalue weighted by atomic mass is 19.4. The molecule has 0 atom stereocenters. The zero-order valence-electron chi connectivity index (χ0n) is 11.0. The van der Waals surface area contributed by atoms with E-state index in [2.05, 4.69) is 9.47 Å². The smallest absolute Gasteiger partial charge is 0.434 e. The lowest BCUT2D eigenvalue weighted by molar-refractivity contribution is -0.397. The second-order valence-electron chi connectivity index (χ2n) is 4.05. The highest BCUT2D eigenvalue weighted by Gasteiger charge is 2.81. The lowest BCUT2D eigenvalue weighted by Gasteiger charge is -2.33. The Balaban J connectivity index is 4.82. The van der Waals surface area contributed by atoms with E-state index in [9.17, 15) is 44.3 Å². The fraction of sp³-hybridized carbons (Fsp3) is 0.900. The van der Waals surface area contributed by atoms with E-state index in [0.717, 1.165) is 0 Å². The number of alkyl halides is 9. The summed E-state index contributed by atoms with van der Waals surface area (Å²) in [4.78, 5) is 10.7. The minimum atomic E-state index is -6.95. The van der Waals surface area contributed by atoms with E-state index in [4.69, 9.17) is 0 Å². The summed E-state index contributed by atoms with van der Waals surface area (Å²) in [6, 6.07) is 0. The van der Waals surface area contributed by atoms with Gasteiger partial charge in [-0.2, -0.15) is 39.5 Å². The Bertz CT molecular complexity index is 378. The Labute approximate surface area is 118 Å². The maximum absolute atomic E-state index is 13.0. The van der Waals surface area contributed by atoms with Gasteiger partial charge in [-0.05, 0) is 6.42 Å². The molecule has 0 aliphatic rings. The van der Waals surface area contributed by atoms with Crippen LogP contribution in [0, 0.1) is 0 Å². The van der Waals surface area contributed by atoms with Crippen LogP contribution < -0.4 is 0 Å². The maximum Gasteiger partial charge on any atom is 0.508 e. The van der Waals surface area contributed by atoms with Gasteiger partial charge in [0.05, 0.1) is 13.0 Å². The van der Waals surface area contributed by atoms with Gasteiger partial charge in [0.25, 0.3) is 0 Å². The monoisotopic (exact) mass is 350 g/mol. The van der Waals surface area contributed by atoms with Crippen LogP contribution in [0.15, 0.2) is 0 Å². The van der Waals surface area contributed by atoms with E-state index in [-0.39, 0.29) is 6.61 Å². The van der Waals surface area contributed by atoms with E-state index >= 15 is 0 Å². The van der Waals surface area contributed by atoms with Crippen molar-refractivity contribution in [2.45, 2.75) is 43.7 Å². The van der Waals surface area contributed by atoms with Crippen LogP contribution in [0.5, 0.6) is 0 Å². The average Bonchev–Trinajstić information content (AvgIpc) is 2.34. The van der Waals surface area contributed by atoms with Gasteiger partial charge in [-0.15, -0.1) is 0 Å². The standard InChI is InChI=1S/C10H11F9O3/c1-2-4-21-6(20)22-5-3-7(11,12)8(13,14)9(15,16)10(17,18)19/h2-5H2,1H3. The van der Waals surface area contributed by atoms with Gasteiger partial charge in [0.2, 0.25) is 0 Å². The molecule has 0 fully saturated rings. The Hall–Kier alpha value is -1.36. The van der Waals surface area contributed by atoms with Gasteiger partial charge in [0.1, 0.15) is 6.61 Å². The lowest BCUT2D eigenvalue weighted by atomic mass is 10.0. The number of halogens is 9. The van der Waals surface area contributed by atoms with E-state index < -0.39 is 43.1 Å². The molecule has 12 heteroatoms. The number of carbonyl (C=O) groups is 1. The van der Waals surface area contributed by atoms with Crippen LogP contribution >= 0.6 is 0 Å². The molecule has 0 aromatic rings. The van der Waals surface area contributed by atoms with Crippen molar-refractivity contribution in [2.75, 3.05) is 13.2 Å². The molecule has 132 valence electrons. The van der Waals surface area contributed by atoms with Gasteiger partial charge in [0.15, 0.2) is 0 Å². The number of carbonyl (C=O) groups excluding carboxylic acids is 1. The third kappa shape index (κ3) is 4.32. The summed E-state index contributed by atoms with van der Waals surface area (Å²) in [6.07, 6.45) is -10.3. The lowest BCUT2D eigenvalue weighted by Crippen LogP contribution is -2.61. The summed E-state index contributed by atoms with van der Waals surface area (Å²) in [5.41, 5.74) is 0. The van der Waals surface area contributed by atoms with Crippen LogP contribution in [0.3, 0.4) is 0 Å². The Morgan fingerprint density at radius 3 is 1.68 bits per heavy atom. The van der Waals surface area contributed by atoms with Gasteiger partial charge in [-0.1, -0.05) is 6.92 Å². The predicted molar refractivity (Wildman–Crippen MR) is 53.1 cm³/mol. The molecule has 0 saturated heterocycles. The summed E-state index contributed by atoms with van der Waals surface area (Å²) in [7, 11) is 0. The quantitative estimate of drug-likeness (QED) is 0.504. The number of hydrogen-bond donors (Lipinski definition) is 0. The van der Waals surface area contributed by atoms with Crippen LogP contribution in [0.25, 0.3) is 0 Å². The van der Waals surface area contributed by atoms with Crippen LogP contribution in [-0.4, -0.2) is 43.3 Å². The van der Waals surface area contributed by atoms with Gasteiger partial charge < -0.3 is 9.47 Å². The molecule has 0 aliphatic heterocycles. The number of rotatable bonds is 7. The summed E-state index contributed by atoms with van der Waals surface area (Å²) in [5.74, 6) is -19.4. The molecule has 0 aromatic carbocycles. The molecule has 0 amide bonds. The number of hydrogen-bond acceptors (Lipinski definition) is 3. The molecule has 0 N–H and O–H groups in total. The van der Waals surface area contributed by atoms with Gasteiger partial charge in [0, 0.05) is 0 Å². The van der Waals surface area contributed by atoms with Crippen molar-refractivity contribution in [1.82, 2.24) is 0 Å². The van der Waals surface area contributed by atoms with Gasteiger partial charge >= 0.3 is 30.1 Å². The second-order valence-corrected chi connectivity index (χ2v) is 4.05. The van der Waals surface area contributed by atoms with E-state index in [0.29, 0.717) is 6.42 Å². The second kappa shape index (κ2) is 6.82. The molecule has 3 nitrogen and oxygen atoms in total. The van der Waals surface area contributed by atoms with E-state index in [1.54, 1.807) is 6.92 Å². The Kier molecular flexibility index (Phi) is 6.40. The first-order valence-electron chi connectivity index (χ1n) is 5.70. The fourth-order valence-electron chi connectivity index (χ4n) is 1.05. The average molecular weight is 350 g/mol. The van der Waals surface area contributed by atoms with Crippen molar-refractivity contribution in [1.29, 1.82) is 0 Å². The summed E-state index contributed by atoms with van der Waals surface area (Å²) < 4.78 is 120. The summed E-state index contributed by atoms with van der Waals surface area (Å²) >= 11 is 0. The van der Waals surface area contributed by atoms with Crippen molar-refractivity contribution in [3.05, 3.63) is 0 Å². The summed E-state index contributed by atoms with van der Waals surface area (Å²) in [6.45, 7) is -0.155. The molecule has 0 heterocycles. The normalized spacial score (nSPS) is 13.9. The molecule has 0 aliphatic carbocycles. The molecule has 0 unspecified atom stereocenters. The largest absolute Gasteiger partial charge is 0.508 e. The van der Waals surface area contributed by atoms with Gasteiger partial charge in [-0.25, -0.2) is 4.79 Å². The predicted octanol–water partition coefficient (Wildman–Crippen LogP) is 4.41. The van der Waals surface area contributed by atoms with Crippen LogP contribution in [0.2, 0.25) is 0 Å². The molecule has 0 spiro atoms. The third-order valence-corrected chi connectivity index (χ3v) is 2.27. The fourth-order valence-corrected chi connectivity index (χ4v) is 1.05.